The molecule has 0 N–H and O–H groups in total. The first kappa shape index (κ1) is 13.5. The molecular formula is C17H20O2. The molecule has 2 aromatic rings. The summed E-state index contributed by atoms with van der Waals surface area (Å²) >= 11 is 0. The topological polar surface area (TPSA) is 18.5 Å². The lowest BCUT2D eigenvalue weighted by Gasteiger charge is -2.20. The smallest absolute Gasteiger partial charge is 0.122 e. The molecule has 0 heterocycles. The average Bonchev–Trinajstić information content (AvgIpc) is 2.49. The second-order valence-electron chi connectivity index (χ2n) is 4.44. The number of methoxy groups -OCH3 is 2. The molecule has 0 saturated carbocycles. The highest BCUT2D eigenvalue weighted by atomic mass is 16.5. The molecule has 0 bridgehead atoms. The summed E-state index contributed by atoms with van der Waals surface area (Å²) in [6.45, 7) is 2.18. The van der Waals surface area contributed by atoms with Crippen LogP contribution >= 0.6 is 0 Å². The van der Waals surface area contributed by atoms with Crippen LogP contribution in [0.1, 0.15) is 30.4 Å². The van der Waals surface area contributed by atoms with Crippen molar-refractivity contribution < 1.29 is 9.47 Å². The van der Waals surface area contributed by atoms with Crippen LogP contribution in [-0.2, 0) is 0 Å². The van der Waals surface area contributed by atoms with Gasteiger partial charge in [0.15, 0.2) is 0 Å². The molecule has 0 aliphatic rings. The summed E-state index contributed by atoms with van der Waals surface area (Å²) in [5, 5.41) is 0. The Kier molecular flexibility index (Phi) is 4.45. The van der Waals surface area contributed by atoms with Crippen molar-refractivity contribution in [1.29, 1.82) is 0 Å². The molecular weight excluding hydrogens is 236 g/mol. The highest BCUT2D eigenvalue weighted by Gasteiger charge is 2.19. The van der Waals surface area contributed by atoms with Gasteiger partial charge in [0, 0.05) is 17.0 Å². The summed E-state index contributed by atoms with van der Waals surface area (Å²) in [4.78, 5) is 0. The Bertz CT molecular complexity index is 487. The van der Waals surface area contributed by atoms with Gasteiger partial charge in [-0.1, -0.05) is 43.3 Å². The van der Waals surface area contributed by atoms with Crippen molar-refractivity contribution in [1.82, 2.24) is 0 Å². The van der Waals surface area contributed by atoms with E-state index < -0.39 is 0 Å². The fourth-order valence-corrected chi connectivity index (χ4v) is 2.52. The van der Waals surface area contributed by atoms with Gasteiger partial charge >= 0.3 is 0 Å². The van der Waals surface area contributed by atoms with Gasteiger partial charge in [-0.2, -0.15) is 0 Å². The Hall–Kier alpha value is -1.96. The van der Waals surface area contributed by atoms with E-state index in [1.165, 1.54) is 11.1 Å². The third kappa shape index (κ3) is 2.73. The van der Waals surface area contributed by atoms with Crippen molar-refractivity contribution in [2.24, 2.45) is 0 Å². The molecule has 0 unspecified atom stereocenters. The molecule has 0 aliphatic heterocycles. The number of para-hydroxylation sites is 2. The molecule has 0 amide bonds. The summed E-state index contributed by atoms with van der Waals surface area (Å²) in [7, 11) is 3.43. The summed E-state index contributed by atoms with van der Waals surface area (Å²) in [5.41, 5.74) is 2.41. The van der Waals surface area contributed by atoms with Crippen molar-refractivity contribution in [3.8, 4) is 11.5 Å². The Morgan fingerprint density at radius 1 is 0.789 bits per heavy atom. The zero-order valence-corrected chi connectivity index (χ0v) is 11.7. The lowest BCUT2D eigenvalue weighted by Crippen LogP contribution is -2.04. The molecule has 19 heavy (non-hydrogen) atoms. The van der Waals surface area contributed by atoms with E-state index in [9.17, 15) is 0 Å². The molecule has 2 rings (SSSR count). The maximum atomic E-state index is 5.48. The molecule has 0 aromatic heterocycles. The predicted molar refractivity (Wildman–Crippen MR) is 78.1 cm³/mol. The van der Waals surface area contributed by atoms with Crippen LogP contribution in [0.2, 0.25) is 0 Å². The zero-order valence-electron chi connectivity index (χ0n) is 11.7. The Labute approximate surface area is 115 Å². The quantitative estimate of drug-likeness (QED) is 0.796. The zero-order chi connectivity index (χ0) is 13.7. The minimum absolute atomic E-state index is 0.285. The van der Waals surface area contributed by atoms with Gasteiger partial charge in [-0.05, 0) is 18.6 Å². The highest BCUT2D eigenvalue weighted by molar-refractivity contribution is 5.46. The number of benzene rings is 2. The van der Waals surface area contributed by atoms with Crippen molar-refractivity contribution in [2.75, 3.05) is 14.2 Å². The van der Waals surface area contributed by atoms with Crippen molar-refractivity contribution in [3.05, 3.63) is 59.7 Å². The van der Waals surface area contributed by atoms with Crippen molar-refractivity contribution >= 4 is 0 Å². The van der Waals surface area contributed by atoms with Crippen LogP contribution in [0.25, 0.3) is 0 Å². The first-order valence-corrected chi connectivity index (χ1v) is 6.57. The molecule has 2 heteroatoms. The van der Waals surface area contributed by atoms with E-state index >= 15 is 0 Å². The van der Waals surface area contributed by atoms with E-state index in [0.717, 1.165) is 17.9 Å². The van der Waals surface area contributed by atoms with E-state index in [2.05, 4.69) is 31.2 Å². The second kappa shape index (κ2) is 6.28. The van der Waals surface area contributed by atoms with Crippen LogP contribution in [0.3, 0.4) is 0 Å². The van der Waals surface area contributed by atoms with E-state index in [1.807, 2.05) is 24.3 Å². The Balaban J connectivity index is 2.50. The molecule has 0 fully saturated rings. The van der Waals surface area contributed by atoms with Gasteiger partial charge in [0.1, 0.15) is 11.5 Å². The van der Waals surface area contributed by atoms with Crippen molar-refractivity contribution in [3.63, 3.8) is 0 Å². The maximum absolute atomic E-state index is 5.48. The Morgan fingerprint density at radius 3 is 1.58 bits per heavy atom. The van der Waals surface area contributed by atoms with Crippen LogP contribution < -0.4 is 9.47 Å². The van der Waals surface area contributed by atoms with E-state index in [0.29, 0.717) is 0 Å². The summed E-state index contributed by atoms with van der Waals surface area (Å²) in [6.07, 6.45) is 1.00. The van der Waals surface area contributed by atoms with Gasteiger partial charge in [0.25, 0.3) is 0 Å². The van der Waals surface area contributed by atoms with E-state index in [1.54, 1.807) is 14.2 Å². The average molecular weight is 256 g/mol. The predicted octanol–water partition coefficient (Wildman–Crippen LogP) is 4.25. The third-order valence-corrected chi connectivity index (χ3v) is 3.44. The number of rotatable bonds is 5. The first-order valence-electron chi connectivity index (χ1n) is 6.57. The molecule has 100 valence electrons. The van der Waals surface area contributed by atoms with Crippen LogP contribution in [0.4, 0.5) is 0 Å². The monoisotopic (exact) mass is 256 g/mol. The van der Waals surface area contributed by atoms with Gasteiger partial charge in [-0.25, -0.2) is 0 Å². The standard InChI is InChI=1S/C17H20O2/c1-4-13(14-9-5-7-11-16(14)18-2)15-10-6-8-12-17(15)19-3/h5-13H,4H2,1-3H3. The normalized spacial score (nSPS) is 10.5. The molecule has 0 aliphatic carbocycles. The van der Waals surface area contributed by atoms with Crippen molar-refractivity contribution in [2.45, 2.75) is 19.3 Å². The lowest BCUT2D eigenvalue weighted by atomic mass is 9.88. The fourth-order valence-electron chi connectivity index (χ4n) is 2.52. The van der Waals surface area contributed by atoms with Gasteiger partial charge in [0.05, 0.1) is 14.2 Å². The first-order chi connectivity index (χ1) is 9.31. The van der Waals surface area contributed by atoms with Crippen LogP contribution in [0, 0.1) is 0 Å². The van der Waals surface area contributed by atoms with Crippen LogP contribution in [0.15, 0.2) is 48.5 Å². The molecule has 0 spiro atoms. The summed E-state index contributed by atoms with van der Waals surface area (Å²) in [6, 6.07) is 16.4. The SMILES string of the molecule is CCC(c1ccccc1OC)c1ccccc1OC. The number of hydrogen-bond donors (Lipinski definition) is 0. The molecule has 2 aromatic carbocycles. The van der Waals surface area contributed by atoms with Gasteiger partial charge in [0.2, 0.25) is 0 Å². The Morgan fingerprint density at radius 2 is 1.21 bits per heavy atom. The number of ether oxygens (including phenoxy) is 2. The van der Waals surface area contributed by atoms with E-state index in [4.69, 9.17) is 9.47 Å². The summed E-state index contributed by atoms with van der Waals surface area (Å²) in [5.74, 6) is 2.15. The minimum atomic E-state index is 0.285. The summed E-state index contributed by atoms with van der Waals surface area (Å²) < 4.78 is 11.0. The van der Waals surface area contributed by atoms with Gasteiger partial charge in [-0.3, -0.25) is 0 Å². The highest BCUT2D eigenvalue weighted by Crippen LogP contribution is 2.38. The van der Waals surface area contributed by atoms with Crippen LogP contribution in [0.5, 0.6) is 11.5 Å². The van der Waals surface area contributed by atoms with E-state index in [-0.39, 0.29) is 5.92 Å². The second-order valence-corrected chi connectivity index (χ2v) is 4.44. The molecule has 2 nitrogen and oxygen atoms in total. The van der Waals surface area contributed by atoms with Gasteiger partial charge < -0.3 is 9.47 Å². The van der Waals surface area contributed by atoms with Gasteiger partial charge in [-0.15, -0.1) is 0 Å². The third-order valence-electron chi connectivity index (χ3n) is 3.44. The fraction of sp³-hybridized carbons (Fsp3) is 0.294. The molecule has 0 atom stereocenters. The largest absolute Gasteiger partial charge is 0.496 e. The number of hydrogen-bond acceptors (Lipinski definition) is 2. The molecule has 0 radical (unpaired) electrons. The minimum Gasteiger partial charge on any atom is -0.496 e. The molecule has 0 saturated heterocycles. The lowest BCUT2D eigenvalue weighted by molar-refractivity contribution is 0.399. The maximum Gasteiger partial charge on any atom is 0.122 e. The van der Waals surface area contributed by atoms with Crippen LogP contribution in [-0.4, -0.2) is 14.2 Å².